The van der Waals surface area contributed by atoms with Crippen LogP contribution in [0.15, 0.2) is 22.6 Å². The molecule has 118 valence electrons. The molecule has 0 bridgehead atoms. The van der Waals surface area contributed by atoms with Crippen LogP contribution in [-0.2, 0) is 4.79 Å². The number of aryl methyl sites for hydroxylation is 1. The summed E-state index contributed by atoms with van der Waals surface area (Å²) < 4.78 is 5.55. The Morgan fingerprint density at radius 2 is 2.14 bits per heavy atom. The molecule has 0 spiro atoms. The third-order valence-corrected chi connectivity index (χ3v) is 3.91. The molecule has 0 fully saturated rings. The van der Waals surface area contributed by atoms with Crippen LogP contribution in [0, 0.1) is 12.8 Å². The van der Waals surface area contributed by atoms with Gasteiger partial charge in [0.25, 0.3) is 5.91 Å². The Morgan fingerprint density at radius 1 is 1.41 bits per heavy atom. The van der Waals surface area contributed by atoms with E-state index in [-0.39, 0.29) is 12.3 Å². The molecule has 2 N–H and O–H groups in total. The second-order valence-electron chi connectivity index (χ2n) is 5.21. The summed E-state index contributed by atoms with van der Waals surface area (Å²) in [4.78, 5) is 23.3. The Morgan fingerprint density at radius 3 is 2.73 bits per heavy atom. The van der Waals surface area contributed by atoms with Crippen LogP contribution in [0.4, 0.5) is 0 Å². The van der Waals surface area contributed by atoms with E-state index in [1.807, 2.05) is 13.0 Å². The van der Waals surface area contributed by atoms with Crippen LogP contribution in [0.3, 0.4) is 0 Å². The number of amides is 1. The number of carboxylic acids is 1. The number of fused-ring (bicyclic) bond motifs is 1. The van der Waals surface area contributed by atoms with Gasteiger partial charge >= 0.3 is 5.97 Å². The maximum Gasteiger partial charge on any atom is 0.308 e. The summed E-state index contributed by atoms with van der Waals surface area (Å²) in [6, 6.07) is 5.31. The number of carbonyl (C=O) groups is 2. The van der Waals surface area contributed by atoms with E-state index in [0.717, 1.165) is 11.8 Å². The van der Waals surface area contributed by atoms with E-state index >= 15 is 0 Å². The minimum atomic E-state index is -0.911. The maximum absolute atomic E-state index is 12.2. The smallest absolute Gasteiger partial charge is 0.308 e. The highest BCUT2D eigenvalue weighted by Crippen LogP contribution is 2.30. The summed E-state index contributed by atoms with van der Waals surface area (Å²) in [7, 11) is 0. The number of para-hydroxylation sites is 1. The molecule has 0 saturated heterocycles. The zero-order valence-corrected chi connectivity index (χ0v) is 13.2. The minimum Gasteiger partial charge on any atom is -0.481 e. The molecule has 1 amide bonds. The normalized spacial score (nSPS) is 12.3. The number of furan rings is 1. The van der Waals surface area contributed by atoms with Gasteiger partial charge in [0.15, 0.2) is 11.3 Å². The third kappa shape index (κ3) is 3.25. The molecule has 22 heavy (non-hydrogen) atoms. The number of carboxylic acid groups (broad SMARTS) is 1. The van der Waals surface area contributed by atoms with Crippen molar-refractivity contribution < 1.29 is 19.1 Å². The molecule has 0 saturated carbocycles. The van der Waals surface area contributed by atoms with Gasteiger partial charge in [0.2, 0.25) is 0 Å². The summed E-state index contributed by atoms with van der Waals surface area (Å²) in [5.74, 6) is -1.76. The average Bonchev–Trinajstić information content (AvgIpc) is 2.82. The van der Waals surface area contributed by atoms with Crippen LogP contribution in [0.2, 0.25) is 5.02 Å². The fraction of sp³-hybridized carbons (Fsp3) is 0.375. The SMILES string of the molecule is CCCC(CNC(=O)c1oc2c(Cl)cccc2c1C)C(=O)O. The van der Waals surface area contributed by atoms with Crippen molar-refractivity contribution in [2.75, 3.05) is 6.54 Å². The Kier molecular flexibility index (Phi) is 5.08. The first kappa shape index (κ1) is 16.4. The van der Waals surface area contributed by atoms with Gasteiger partial charge in [-0.1, -0.05) is 37.1 Å². The van der Waals surface area contributed by atoms with E-state index in [4.69, 9.17) is 21.1 Å². The van der Waals surface area contributed by atoms with E-state index in [1.54, 1.807) is 19.1 Å². The first-order chi connectivity index (χ1) is 10.5. The topological polar surface area (TPSA) is 79.5 Å². The number of halogens is 1. The zero-order chi connectivity index (χ0) is 16.3. The highest BCUT2D eigenvalue weighted by Gasteiger charge is 2.22. The van der Waals surface area contributed by atoms with Gasteiger partial charge in [-0.15, -0.1) is 0 Å². The third-order valence-electron chi connectivity index (χ3n) is 3.62. The lowest BCUT2D eigenvalue weighted by molar-refractivity contribution is -0.141. The van der Waals surface area contributed by atoms with Crippen LogP contribution in [0.1, 0.15) is 35.9 Å². The average molecular weight is 324 g/mol. The van der Waals surface area contributed by atoms with Crippen molar-refractivity contribution in [3.05, 3.63) is 34.5 Å². The Bertz CT molecular complexity index is 707. The second-order valence-corrected chi connectivity index (χ2v) is 5.61. The van der Waals surface area contributed by atoms with Crippen molar-refractivity contribution in [2.24, 2.45) is 5.92 Å². The molecule has 0 aliphatic carbocycles. The van der Waals surface area contributed by atoms with Crippen molar-refractivity contribution in [2.45, 2.75) is 26.7 Å². The van der Waals surface area contributed by atoms with Gasteiger partial charge in [-0.3, -0.25) is 9.59 Å². The first-order valence-corrected chi connectivity index (χ1v) is 7.52. The Labute approximate surface area is 133 Å². The lowest BCUT2D eigenvalue weighted by Crippen LogP contribution is -2.33. The van der Waals surface area contributed by atoms with Gasteiger partial charge in [0.1, 0.15) is 0 Å². The molecule has 5 nitrogen and oxygen atoms in total. The van der Waals surface area contributed by atoms with E-state index < -0.39 is 17.8 Å². The maximum atomic E-state index is 12.2. The summed E-state index contributed by atoms with van der Waals surface area (Å²) in [6.07, 6.45) is 1.26. The van der Waals surface area contributed by atoms with Crippen LogP contribution < -0.4 is 5.32 Å². The van der Waals surface area contributed by atoms with E-state index in [9.17, 15) is 9.59 Å². The van der Waals surface area contributed by atoms with Crippen LogP contribution in [-0.4, -0.2) is 23.5 Å². The largest absolute Gasteiger partial charge is 0.481 e. The number of hydrogen-bond acceptors (Lipinski definition) is 3. The summed E-state index contributed by atoms with van der Waals surface area (Å²) >= 11 is 6.05. The molecule has 1 aromatic carbocycles. The van der Waals surface area contributed by atoms with Gasteiger partial charge in [-0.05, 0) is 19.4 Å². The molecule has 2 aromatic rings. The fourth-order valence-electron chi connectivity index (χ4n) is 2.38. The summed E-state index contributed by atoms with van der Waals surface area (Å²) in [6.45, 7) is 3.76. The summed E-state index contributed by atoms with van der Waals surface area (Å²) in [5.41, 5.74) is 1.16. The molecule has 1 unspecified atom stereocenters. The lowest BCUT2D eigenvalue weighted by atomic mass is 10.0. The minimum absolute atomic E-state index is 0.0756. The standard InChI is InChI=1S/C16H18ClNO4/c1-3-5-10(16(20)21)8-18-15(19)13-9(2)11-6-4-7-12(17)14(11)22-13/h4,6-7,10H,3,5,8H2,1-2H3,(H,18,19)(H,20,21). The number of hydrogen-bond donors (Lipinski definition) is 2. The van der Waals surface area contributed by atoms with Crippen molar-refractivity contribution in [3.63, 3.8) is 0 Å². The number of rotatable bonds is 6. The van der Waals surface area contributed by atoms with Crippen molar-refractivity contribution in [1.82, 2.24) is 5.32 Å². The molecule has 1 heterocycles. The molecular weight excluding hydrogens is 306 g/mol. The first-order valence-electron chi connectivity index (χ1n) is 7.14. The molecule has 0 aliphatic rings. The predicted molar refractivity (Wildman–Crippen MR) is 84.3 cm³/mol. The van der Waals surface area contributed by atoms with Gasteiger partial charge in [-0.2, -0.15) is 0 Å². The van der Waals surface area contributed by atoms with Crippen molar-refractivity contribution in [3.8, 4) is 0 Å². The van der Waals surface area contributed by atoms with Crippen LogP contribution >= 0.6 is 11.6 Å². The number of benzene rings is 1. The lowest BCUT2D eigenvalue weighted by Gasteiger charge is -2.11. The number of nitrogens with one attached hydrogen (secondary N) is 1. The Balaban J connectivity index is 2.18. The predicted octanol–water partition coefficient (Wildman–Crippen LogP) is 3.63. The fourth-order valence-corrected chi connectivity index (χ4v) is 2.60. The second kappa shape index (κ2) is 6.83. The van der Waals surface area contributed by atoms with E-state index in [0.29, 0.717) is 22.6 Å². The highest BCUT2D eigenvalue weighted by molar-refractivity contribution is 6.35. The van der Waals surface area contributed by atoms with E-state index in [1.165, 1.54) is 0 Å². The van der Waals surface area contributed by atoms with Crippen molar-refractivity contribution in [1.29, 1.82) is 0 Å². The van der Waals surface area contributed by atoms with Crippen LogP contribution in [0.25, 0.3) is 11.0 Å². The van der Waals surface area contributed by atoms with Crippen molar-refractivity contribution >= 4 is 34.4 Å². The zero-order valence-electron chi connectivity index (χ0n) is 12.5. The van der Waals surface area contributed by atoms with Gasteiger partial charge in [0.05, 0.1) is 10.9 Å². The Hall–Kier alpha value is -2.01. The molecule has 6 heteroatoms. The van der Waals surface area contributed by atoms with Crippen LogP contribution in [0.5, 0.6) is 0 Å². The molecule has 2 rings (SSSR count). The summed E-state index contributed by atoms with van der Waals surface area (Å²) in [5, 5.41) is 12.9. The molecule has 0 aliphatic heterocycles. The molecule has 1 aromatic heterocycles. The quantitative estimate of drug-likeness (QED) is 0.850. The van der Waals surface area contributed by atoms with Gasteiger partial charge < -0.3 is 14.8 Å². The van der Waals surface area contributed by atoms with E-state index in [2.05, 4.69) is 5.32 Å². The van der Waals surface area contributed by atoms with Gasteiger partial charge in [0, 0.05) is 17.5 Å². The monoisotopic (exact) mass is 323 g/mol. The number of carbonyl (C=O) groups excluding carboxylic acids is 1. The number of aliphatic carboxylic acids is 1. The molecular formula is C16H18ClNO4. The van der Waals surface area contributed by atoms with Gasteiger partial charge in [-0.25, -0.2) is 0 Å². The molecule has 1 atom stereocenters. The molecule has 0 radical (unpaired) electrons. The highest BCUT2D eigenvalue weighted by atomic mass is 35.5.